The SMILES string of the molecule is C=Cc1ccccc1CCO[SiH2]CCC(OC)OC. The van der Waals surface area contributed by atoms with Crippen LogP contribution in [0.4, 0.5) is 0 Å². The average Bonchev–Trinajstić information content (AvgIpc) is 2.47. The van der Waals surface area contributed by atoms with Crippen LogP contribution < -0.4 is 0 Å². The summed E-state index contributed by atoms with van der Waals surface area (Å²) in [6.07, 6.45) is 3.68. The summed E-state index contributed by atoms with van der Waals surface area (Å²) < 4.78 is 16.0. The van der Waals surface area contributed by atoms with Crippen molar-refractivity contribution in [3.05, 3.63) is 42.0 Å². The molecule has 0 fully saturated rings. The normalized spacial score (nSPS) is 11.5. The van der Waals surface area contributed by atoms with Crippen molar-refractivity contribution in [3.63, 3.8) is 0 Å². The molecule has 1 aromatic rings. The van der Waals surface area contributed by atoms with Gasteiger partial charge in [0.05, 0.1) is 0 Å². The monoisotopic (exact) mass is 280 g/mol. The van der Waals surface area contributed by atoms with Crippen LogP contribution in [0, 0.1) is 0 Å². The van der Waals surface area contributed by atoms with Crippen LogP contribution >= 0.6 is 0 Å². The minimum Gasteiger partial charge on any atom is -0.424 e. The van der Waals surface area contributed by atoms with Crippen molar-refractivity contribution < 1.29 is 13.9 Å². The summed E-state index contributed by atoms with van der Waals surface area (Å²) in [5.41, 5.74) is 2.50. The van der Waals surface area contributed by atoms with Crippen LogP contribution in [0.2, 0.25) is 6.04 Å². The number of methoxy groups -OCH3 is 2. The first-order valence-corrected chi connectivity index (χ1v) is 8.23. The molecule has 106 valence electrons. The molecule has 19 heavy (non-hydrogen) atoms. The number of hydrogen-bond donors (Lipinski definition) is 0. The van der Waals surface area contributed by atoms with Crippen molar-refractivity contribution in [3.8, 4) is 0 Å². The molecule has 4 heteroatoms. The van der Waals surface area contributed by atoms with Gasteiger partial charge in [-0.3, -0.25) is 0 Å². The number of rotatable bonds is 10. The van der Waals surface area contributed by atoms with E-state index in [4.69, 9.17) is 13.9 Å². The van der Waals surface area contributed by atoms with E-state index in [1.165, 1.54) is 11.1 Å². The number of benzene rings is 1. The lowest BCUT2D eigenvalue weighted by molar-refractivity contribution is -0.103. The van der Waals surface area contributed by atoms with E-state index in [9.17, 15) is 0 Å². The number of hydrogen-bond acceptors (Lipinski definition) is 3. The molecule has 0 unspecified atom stereocenters. The van der Waals surface area contributed by atoms with E-state index in [0.29, 0.717) is 0 Å². The van der Waals surface area contributed by atoms with Crippen LogP contribution in [0.3, 0.4) is 0 Å². The minimum atomic E-state index is -0.470. The van der Waals surface area contributed by atoms with E-state index in [0.717, 1.165) is 25.5 Å². The molecule has 1 rings (SSSR count). The summed E-state index contributed by atoms with van der Waals surface area (Å²) in [5.74, 6) is 0. The van der Waals surface area contributed by atoms with Crippen LogP contribution in [0.25, 0.3) is 6.08 Å². The Bertz CT molecular complexity index is 364. The molecular weight excluding hydrogens is 256 g/mol. The van der Waals surface area contributed by atoms with Gasteiger partial charge in [-0.25, -0.2) is 0 Å². The molecule has 0 bridgehead atoms. The lowest BCUT2D eigenvalue weighted by Crippen LogP contribution is -2.14. The summed E-state index contributed by atoms with van der Waals surface area (Å²) in [5, 5.41) is 0. The zero-order chi connectivity index (χ0) is 13.9. The first-order chi connectivity index (χ1) is 9.31. The third-order valence-corrected chi connectivity index (χ3v) is 4.32. The highest BCUT2D eigenvalue weighted by atomic mass is 28.2. The molecule has 0 saturated carbocycles. The Labute approximate surface area is 118 Å². The Morgan fingerprint density at radius 3 is 2.68 bits per heavy atom. The highest BCUT2D eigenvalue weighted by Gasteiger charge is 2.04. The van der Waals surface area contributed by atoms with Gasteiger partial charge in [0.15, 0.2) is 16.1 Å². The second kappa shape index (κ2) is 9.92. The Morgan fingerprint density at radius 2 is 2.00 bits per heavy atom. The van der Waals surface area contributed by atoms with E-state index >= 15 is 0 Å². The highest BCUT2D eigenvalue weighted by Crippen LogP contribution is 2.10. The van der Waals surface area contributed by atoms with Crippen molar-refractivity contribution >= 4 is 15.8 Å². The molecule has 0 atom stereocenters. The molecule has 0 amide bonds. The Morgan fingerprint density at radius 1 is 1.26 bits per heavy atom. The van der Waals surface area contributed by atoms with Crippen molar-refractivity contribution in [1.82, 2.24) is 0 Å². The largest absolute Gasteiger partial charge is 0.424 e. The van der Waals surface area contributed by atoms with Gasteiger partial charge in [-0.05, 0) is 30.0 Å². The van der Waals surface area contributed by atoms with Crippen molar-refractivity contribution in [2.24, 2.45) is 0 Å². The van der Waals surface area contributed by atoms with Crippen molar-refractivity contribution in [1.29, 1.82) is 0 Å². The van der Waals surface area contributed by atoms with E-state index in [-0.39, 0.29) is 6.29 Å². The fourth-order valence-electron chi connectivity index (χ4n) is 1.93. The molecule has 0 aliphatic carbocycles. The molecule has 0 aromatic heterocycles. The van der Waals surface area contributed by atoms with E-state index in [1.54, 1.807) is 14.2 Å². The third kappa shape index (κ3) is 6.16. The first kappa shape index (κ1) is 16.1. The maximum Gasteiger partial charge on any atom is 0.161 e. The van der Waals surface area contributed by atoms with Gasteiger partial charge in [-0.2, -0.15) is 0 Å². The highest BCUT2D eigenvalue weighted by molar-refractivity contribution is 6.26. The van der Waals surface area contributed by atoms with Crippen LogP contribution in [0.1, 0.15) is 17.5 Å². The summed E-state index contributed by atoms with van der Waals surface area (Å²) in [4.78, 5) is 0. The number of ether oxygens (including phenoxy) is 2. The second-order valence-electron chi connectivity index (χ2n) is 4.31. The summed E-state index contributed by atoms with van der Waals surface area (Å²) in [6, 6.07) is 9.39. The minimum absolute atomic E-state index is 0.0856. The smallest absolute Gasteiger partial charge is 0.161 e. The van der Waals surface area contributed by atoms with Gasteiger partial charge in [-0.15, -0.1) is 0 Å². The molecule has 0 radical (unpaired) electrons. The first-order valence-electron chi connectivity index (χ1n) is 6.65. The molecule has 0 saturated heterocycles. The molecule has 3 nitrogen and oxygen atoms in total. The van der Waals surface area contributed by atoms with Gasteiger partial charge < -0.3 is 13.9 Å². The summed E-state index contributed by atoms with van der Waals surface area (Å²) >= 11 is 0. The predicted molar refractivity (Wildman–Crippen MR) is 82.0 cm³/mol. The molecule has 0 aliphatic rings. The fourth-order valence-corrected chi connectivity index (χ4v) is 2.98. The van der Waals surface area contributed by atoms with Crippen molar-refractivity contribution in [2.75, 3.05) is 20.8 Å². The molecule has 0 spiro atoms. The Hall–Kier alpha value is -0.943. The van der Waals surface area contributed by atoms with Crippen LogP contribution in [-0.2, 0) is 20.3 Å². The molecule has 0 heterocycles. The van der Waals surface area contributed by atoms with Gasteiger partial charge in [0.25, 0.3) is 0 Å². The van der Waals surface area contributed by atoms with Gasteiger partial charge in [0.2, 0.25) is 0 Å². The Kier molecular flexibility index (Phi) is 8.41. The topological polar surface area (TPSA) is 27.7 Å². The molecule has 1 aromatic carbocycles. The van der Waals surface area contributed by atoms with Gasteiger partial charge >= 0.3 is 0 Å². The fraction of sp³-hybridized carbons (Fsp3) is 0.467. The average molecular weight is 280 g/mol. The molecule has 0 aliphatic heterocycles. The second-order valence-corrected chi connectivity index (χ2v) is 5.83. The molecular formula is C15H24O3Si. The van der Waals surface area contributed by atoms with Gasteiger partial charge in [0.1, 0.15) is 0 Å². The lowest BCUT2D eigenvalue weighted by Gasteiger charge is -2.12. The maximum atomic E-state index is 5.77. The van der Waals surface area contributed by atoms with Gasteiger partial charge in [0, 0.05) is 20.8 Å². The Balaban J connectivity index is 2.15. The van der Waals surface area contributed by atoms with E-state index in [2.05, 4.69) is 24.8 Å². The summed E-state index contributed by atoms with van der Waals surface area (Å²) in [6.45, 7) is 4.62. The lowest BCUT2D eigenvalue weighted by atomic mass is 10.1. The van der Waals surface area contributed by atoms with Crippen LogP contribution in [-0.4, -0.2) is 36.9 Å². The zero-order valence-corrected chi connectivity index (χ0v) is 13.3. The standard InChI is InChI=1S/C15H24O3Si/c1-4-13-7-5-6-8-14(13)9-11-18-19-12-10-15(16-2)17-3/h4-8,15H,1,9-12,19H2,2-3H3. The predicted octanol–water partition coefficient (Wildman–Crippen LogP) is 2.40. The van der Waals surface area contributed by atoms with Gasteiger partial charge in [-0.1, -0.05) is 36.9 Å². The van der Waals surface area contributed by atoms with E-state index < -0.39 is 9.76 Å². The zero-order valence-electron chi connectivity index (χ0n) is 11.9. The summed E-state index contributed by atoms with van der Waals surface area (Å²) in [7, 11) is 2.87. The van der Waals surface area contributed by atoms with E-state index in [1.807, 2.05) is 12.1 Å². The van der Waals surface area contributed by atoms with Crippen molar-refractivity contribution in [2.45, 2.75) is 25.2 Å². The quantitative estimate of drug-likeness (QED) is 0.374. The third-order valence-electron chi connectivity index (χ3n) is 3.05. The maximum absolute atomic E-state index is 5.77. The van der Waals surface area contributed by atoms with Crippen LogP contribution in [0.15, 0.2) is 30.8 Å². The van der Waals surface area contributed by atoms with Crippen LogP contribution in [0.5, 0.6) is 0 Å². The molecule has 0 N–H and O–H groups in total.